The Bertz CT molecular complexity index is 1010. The molecule has 3 N–H and O–H groups in total. The molecular formula is C21H21F5N4O2. The molecular weight excluding hydrogens is 435 g/mol. The van der Waals surface area contributed by atoms with Crippen molar-refractivity contribution in [3.05, 3.63) is 64.5 Å². The van der Waals surface area contributed by atoms with E-state index in [1.165, 1.54) is 6.07 Å². The van der Waals surface area contributed by atoms with Gasteiger partial charge < -0.3 is 10.6 Å². The normalized spacial score (nSPS) is 19.1. The van der Waals surface area contributed by atoms with E-state index in [9.17, 15) is 27.2 Å². The summed E-state index contributed by atoms with van der Waals surface area (Å²) in [5.74, 6) is -3.05. The maximum atomic E-state index is 15.1. The van der Waals surface area contributed by atoms with Crippen LogP contribution in [0.25, 0.3) is 0 Å². The van der Waals surface area contributed by atoms with E-state index in [0.29, 0.717) is 0 Å². The second-order valence-corrected chi connectivity index (χ2v) is 7.71. The van der Waals surface area contributed by atoms with Gasteiger partial charge in [0.25, 0.3) is 0 Å². The molecule has 0 saturated carbocycles. The number of nitrogens with one attached hydrogen (secondary N) is 3. The van der Waals surface area contributed by atoms with Gasteiger partial charge in [-0.15, -0.1) is 0 Å². The topological polar surface area (TPSA) is 83.1 Å². The summed E-state index contributed by atoms with van der Waals surface area (Å²) in [4.78, 5) is 27.3. The zero-order valence-corrected chi connectivity index (χ0v) is 17.2. The van der Waals surface area contributed by atoms with Crippen LogP contribution in [0.15, 0.2) is 30.5 Å². The zero-order valence-electron chi connectivity index (χ0n) is 17.2. The molecule has 1 saturated heterocycles. The van der Waals surface area contributed by atoms with E-state index in [0.717, 1.165) is 24.4 Å². The minimum atomic E-state index is -4.61. The molecule has 1 fully saturated rings. The fourth-order valence-electron chi connectivity index (χ4n) is 3.26. The van der Waals surface area contributed by atoms with Gasteiger partial charge in [-0.05, 0) is 17.7 Å². The molecule has 2 heterocycles. The summed E-state index contributed by atoms with van der Waals surface area (Å²) < 4.78 is 67.8. The monoisotopic (exact) mass is 456 g/mol. The third-order valence-corrected chi connectivity index (χ3v) is 5.01. The van der Waals surface area contributed by atoms with Crippen LogP contribution in [0.2, 0.25) is 0 Å². The molecule has 1 aromatic heterocycles. The van der Waals surface area contributed by atoms with Crippen molar-refractivity contribution in [1.82, 2.24) is 20.9 Å². The van der Waals surface area contributed by atoms with Crippen LogP contribution in [0, 0.1) is 17.6 Å². The number of rotatable bonds is 5. The molecule has 1 aromatic carbocycles. The lowest BCUT2D eigenvalue weighted by Crippen LogP contribution is -2.47. The van der Waals surface area contributed by atoms with E-state index in [-0.39, 0.29) is 35.9 Å². The van der Waals surface area contributed by atoms with Gasteiger partial charge in [0.05, 0.1) is 5.56 Å². The van der Waals surface area contributed by atoms with Gasteiger partial charge in [0.1, 0.15) is 23.5 Å². The first-order chi connectivity index (χ1) is 15.0. The van der Waals surface area contributed by atoms with Crippen LogP contribution >= 0.6 is 0 Å². The third kappa shape index (κ3) is 5.21. The highest BCUT2D eigenvalue weighted by molar-refractivity contribution is 5.78. The van der Waals surface area contributed by atoms with Crippen molar-refractivity contribution in [2.24, 2.45) is 5.92 Å². The predicted octanol–water partition coefficient (Wildman–Crippen LogP) is 3.50. The van der Waals surface area contributed by atoms with Crippen LogP contribution in [-0.2, 0) is 22.3 Å². The second kappa shape index (κ2) is 9.19. The highest BCUT2D eigenvalue weighted by Crippen LogP contribution is 2.31. The summed E-state index contributed by atoms with van der Waals surface area (Å²) in [6.45, 7) is 3.15. The Balaban J connectivity index is 1.85. The van der Waals surface area contributed by atoms with Gasteiger partial charge in [-0.1, -0.05) is 26.0 Å². The molecule has 11 heteroatoms. The van der Waals surface area contributed by atoms with E-state index in [1.807, 2.05) is 0 Å². The lowest BCUT2D eigenvalue weighted by Gasteiger charge is -2.32. The molecule has 2 amide bonds. The Morgan fingerprint density at radius 3 is 2.53 bits per heavy atom. The minimum Gasteiger partial charge on any atom is -0.352 e. The molecule has 32 heavy (non-hydrogen) atoms. The smallest absolute Gasteiger partial charge is 0.352 e. The SMILES string of the molecule is CC(C)C(=O)NCc1ccc(F)c(C2NC(=O)CC(c3ccc(C(F)(F)F)nc3)N2)c1F. The number of amides is 2. The Kier molecular flexibility index (Phi) is 6.77. The van der Waals surface area contributed by atoms with Gasteiger partial charge in [0.15, 0.2) is 0 Å². The Morgan fingerprint density at radius 2 is 1.94 bits per heavy atom. The molecule has 2 unspecified atom stereocenters. The summed E-state index contributed by atoms with van der Waals surface area (Å²) in [6, 6.07) is 3.33. The standard InChI is InChI=1S/C21H21F5N4O2/c1-10(2)20(32)28-9-12-3-5-13(22)17(18(12)23)19-29-14(7-16(31)30-19)11-4-6-15(27-8-11)21(24,25)26/h3-6,8,10,14,19,29H,7,9H2,1-2H3,(H,28,32)(H,30,31). The van der Waals surface area contributed by atoms with Gasteiger partial charge in [0, 0.05) is 36.7 Å². The van der Waals surface area contributed by atoms with E-state index in [4.69, 9.17) is 0 Å². The van der Waals surface area contributed by atoms with Crippen LogP contribution < -0.4 is 16.0 Å². The number of hydrogen-bond acceptors (Lipinski definition) is 4. The van der Waals surface area contributed by atoms with E-state index in [2.05, 4.69) is 20.9 Å². The third-order valence-electron chi connectivity index (χ3n) is 5.01. The summed E-state index contributed by atoms with van der Waals surface area (Å²) >= 11 is 0. The van der Waals surface area contributed by atoms with Gasteiger partial charge in [-0.25, -0.2) is 8.78 Å². The maximum Gasteiger partial charge on any atom is 0.433 e. The van der Waals surface area contributed by atoms with Crippen molar-refractivity contribution in [2.75, 3.05) is 0 Å². The molecule has 1 aliphatic heterocycles. The first-order valence-corrected chi connectivity index (χ1v) is 9.80. The van der Waals surface area contributed by atoms with E-state index < -0.39 is 47.2 Å². The maximum absolute atomic E-state index is 15.1. The van der Waals surface area contributed by atoms with Crippen molar-refractivity contribution in [3.8, 4) is 0 Å². The molecule has 3 rings (SSSR count). The number of nitrogens with zero attached hydrogens (tertiary/aromatic N) is 1. The fourth-order valence-corrected chi connectivity index (χ4v) is 3.26. The van der Waals surface area contributed by atoms with Crippen LogP contribution in [-0.4, -0.2) is 16.8 Å². The molecule has 172 valence electrons. The summed E-state index contributed by atoms with van der Waals surface area (Å²) in [5.41, 5.74) is -1.27. The summed E-state index contributed by atoms with van der Waals surface area (Å²) in [6.07, 6.45) is -5.07. The number of aromatic nitrogens is 1. The van der Waals surface area contributed by atoms with Gasteiger partial charge in [0.2, 0.25) is 11.8 Å². The molecule has 6 nitrogen and oxygen atoms in total. The number of pyridine rings is 1. The Morgan fingerprint density at radius 1 is 1.22 bits per heavy atom. The molecule has 0 bridgehead atoms. The lowest BCUT2D eigenvalue weighted by molar-refractivity contribution is -0.141. The number of carbonyl (C=O) groups is 2. The second-order valence-electron chi connectivity index (χ2n) is 7.71. The largest absolute Gasteiger partial charge is 0.433 e. The van der Waals surface area contributed by atoms with Crippen molar-refractivity contribution in [1.29, 1.82) is 0 Å². The average molecular weight is 456 g/mol. The molecule has 0 radical (unpaired) electrons. The van der Waals surface area contributed by atoms with Crippen molar-refractivity contribution in [3.63, 3.8) is 0 Å². The number of hydrogen-bond donors (Lipinski definition) is 3. The minimum absolute atomic E-state index is 0.0183. The molecule has 2 atom stereocenters. The van der Waals surface area contributed by atoms with Crippen LogP contribution in [0.5, 0.6) is 0 Å². The van der Waals surface area contributed by atoms with Crippen molar-refractivity contribution >= 4 is 11.8 Å². The molecule has 2 aromatic rings. The highest BCUT2D eigenvalue weighted by Gasteiger charge is 2.34. The average Bonchev–Trinajstić information content (AvgIpc) is 2.72. The summed E-state index contributed by atoms with van der Waals surface area (Å²) in [7, 11) is 0. The van der Waals surface area contributed by atoms with Crippen molar-refractivity contribution < 1.29 is 31.5 Å². The fraction of sp³-hybridized carbons (Fsp3) is 0.381. The van der Waals surface area contributed by atoms with Crippen LogP contribution in [0.1, 0.15) is 54.9 Å². The predicted molar refractivity (Wildman–Crippen MR) is 104 cm³/mol. The first-order valence-electron chi connectivity index (χ1n) is 9.80. The van der Waals surface area contributed by atoms with Gasteiger partial charge >= 0.3 is 6.18 Å². The quantitative estimate of drug-likeness (QED) is 0.602. The lowest BCUT2D eigenvalue weighted by atomic mass is 9.98. The molecule has 0 aliphatic carbocycles. The van der Waals surface area contributed by atoms with Crippen LogP contribution in [0.4, 0.5) is 22.0 Å². The van der Waals surface area contributed by atoms with Gasteiger partial charge in [-0.2, -0.15) is 13.2 Å². The Labute approximate surface area is 180 Å². The Hall–Kier alpha value is -3.08. The van der Waals surface area contributed by atoms with Crippen LogP contribution in [0.3, 0.4) is 0 Å². The number of halogens is 5. The van der Waals surface area contributed by atoms with Gasteiger partial charge in [-0.3, -0.25) is 19.9 Å². The van der Waals surface area contributed by atoms with Crippen molar-refractivity contribution in [2.45, 2.75) is 45.2 Å². The first kappa shape index (κ1) is 23.6. The number of alkyl halides is 3. The van der Waals surface area contributed by atoms with E-state index >= 15 is 4.39 Å². The number of benzene rings is 1. The highest BCUT2D eigenvalue weighted by atomic mass is 19.4. The van der Waals surface area contributed by atoms with E-state index in [1.54, 1.807) is 13.8 Å². The number of carbonyl (C=O) groups excluding carboxylic acids is 2. The molecule has 1 aliphatic rings. The molecule has 0 spiro atoms. The zero-order chi connectivity index (χ0) is 23.6. The summed E-state index contributed by atoms with van der Waals surface area (Å²) in [5, 5.41) is 7.83.